The van der Waals surface area contributed by atoms with Crippen LogP contribution in [-0.2, 0) is 21.3 Å². The zero-order valence-corrected chi connectivity index (χ0v) is 13.6. The lowest BCUT2D eigenvalue weighted by Gasteiger charge is -2.30. The molecule has 2 fully saturated rings. The Hall–Kier alpha value is -2.05. The number of piperidine rings is 1. The Labute approximate surface area is 135 Å². The molecule has 0 unspecified atom stereocenters. The van der Waals surface area contributed by atoms with E-state index < -0.39 is 0 Å². The van der Waals surface area contributed by atoms with Gasteiger partial charge in [0.1, 0.15) is 6.10 Å². The van der Waals surface area contributed by atoms with Crippen LogP contribution >= 0.6 is 0 Å². The summed E-state index contributed by atoms with van der Waals surface area (Å²) in [4.78, 5) is 25.5. The fraction of sp³-hybridized carbons (Fsp3) is 0.688. The Bertz CT molecular complexity index is 578. The number of aromatic nitrogens is 2. The van der Waals surface area contributed by atoms with E-state index in [1.54, 1.807) is 16.5 Å². The van der Waals surface area contributed by atoms with Crippen LogP contribution in [0.5, 0.6) is 0 Å². The largest absolute Gasteiger partial charge is 0.462 e. The maximum Gasteiger partial charge on any atom is 0.409 e. The van der Waals surface area contributed by atoms with Gasteiger partial charge < -0.3 is 14.4 Å². The number of hydrogen-bond acceptors (Lipinski definition) is 5. The van der Waals surface area contributed by atoms with E-state index in [2.05, 4.69) is 5.10 Å². The first kappa shape index (κ1) is 15.8. The van der Waals surface area contributed by atoms with E-state index in [-0.39, 0.29) is 30.0 Å². The maximum absolute atomic E-state index is 12.2. The van der Waals surface area contributed by atoms with E-state index in [1.165, 1.54) is 0 Å². The van der Waals surface area contributed by atoms with Gasteiger partial charge in [-0.2, -0.15) is 5.10 Å². The molecule has 2 heterocycles. The number of hydrogen-bond donors (Lipinski definition) is 0. The number of ether oxygens (including phenoxy) is 2. The molecule has 0 radical (unpaired) electrons. The fourth-order valence-corrected chi connectivity index (χ4v) is 3.08. The van der Waals surface area contributed by atoms with Gasteiger partial charge in [-0.15, -0.1) is 0 Å². The van der Waals surface area contributed by atoms with Crippen molar-refractivity contribution < 1.29 is 19.1 Å². The highest BCUT2D eigenvalue weighted by molar-refractivity contribution is 5.77. The van der Waals surface area contributed by atoms with Crippen molar-refractivity contribution in [1.29, 1.82) is 0 Å². The first-order chi connectivity index (χ1) is 11.1. The van der Waals surface area contributed by atoms with Crippen molar-refractivity contribution in [2.75, 3.05) is 19.7 Å². The van der Waals surface area contributed by atoms with Gasteiger partial charge in [-0.25, -0.2) is 4.79 Å². The third-order valence-corrected chi connectivity index (χ3v) is 4.50. The lowest BCUT2D eigenvalue weighted by atomic mass is 10.1. The summed E-state index contributed by atoms with van der Waals surface area (Å²) in [5.41, 5.74) is 1.10. The normalized spacial score (nSPS) is 24.3. The van der Waals surface area contributed by atoms with E-state index >= 15 is 0 Å². The highest BCUT2D eigenvalue weighted by atomic mass is 16.6. The molecule has 0 spiro atoms. The Balaban J connectivity index is 1.43. The number of aryl methyl sites for hydroxylation is 1. The highest BCUT2D eigenvalue weighted by Crippen LogP contribution is 2.48. The second-order valence-electron chi connectivity index (χ2n) is 6.22. The van der Waals surface area contributed by atoms with Crippen LogP contribution in [0.15, 0.2) is 12.4 Å². The Morgan fingerprint density at radius 1 is 1.35 bits per heavy atom. The topological polar surface area (TPSA) is 73.7 Å². The van der Waals surface area contributed by atoms with Gasteiger partial charge in [-0.3, -0.25) is 9.48 Å². The smallest absolute Gasteiger partial charge is 0.409 e. The van der Waals surface area contributed by atoms with Crippen molar-refractivity contribution in [3.8, 4) is 0 Å². The number of amides is 1. The van der Waals surface area contributed by atoms with E-state index in [9.17, 15) is 9.59 Å². The summed E-state index contributed by atoms with van der Waals surface area (Å²) < 4.78 is 12.4. The number of carbonyl (C=O) groups excluding carboxylic acids is 2. The van der Waals surface area contributed by atoms with E-state index in [0.29, 0.717) is 32.5 Å². The van der Waals surface area contributed by atoms with Crippen molar-refractivity contribution in [3.05, 3.63) is 18.0 Å². The van der Waals surface area contributed by atoms with Gasteiger partial charge in [0, 0.05) is 45.1 Å². The average molecular weight is 321 g/mol. The lowest BCUT2D eigenvalue weighted by molar-refractivity contribution is -0.152. The fourth-order valence-electron chi connectivity index (χ4n) is 3.08. The maximum atomic E-state index is 12.2. The number of likely N-dealkylation sites (tertiary alicyclic amines) is 1. The second-order valence-corrected chi connectivity index (χ2v) is 6.22. The predicted octanol–water partition coefficient (Wildman–Crippen LogP) is 1.69. The molecule has 3 rings (SSSR count). The highest BCUT2D eigenvalue weighted by Gasteiger charge is 2.46. The number of rotatable bonds is 4. The van der Waals surface area contributed by atoms with Crippen molar-refractivity contribution in [3.63, 3.8) is 0 Å². The van der Waals surface area contributed by atoms with Crippen LogP contribution in [0.4, 0.5) is 4.79 Å². The molecule has 7 nitrogen and oxygen atoms in total. The molecular formula is C16H23N3O4. The van der Waals surface area contributed by atoms with Crippen molar-refractivity contribution >= 4 is 12.1 Å². The lowest BCUT2D eigenvalue weighted by Crippen LogP contribution is -2.41. The molecule has 1 aliphatic carbocycles. The third kappa shape index (κ3) is 3.65. The summed E-state index contributed by atoms with van der Waals surface area (Å²) >= 11 is 0. The first-order valence-corrected chi connectivity index (χ1v) is 8.19. The third-order valence-electron chi connectivity index (χ3n) is 4.50. The van der Waals surface area contributed by atoms with Crippen LogP contribution < -0.4 is 0 Å². The molecule has 1 aliphatic heterocycles. The SMILES string of the molecule is CCOC(=O)N1CCC(OC(=O)[C@H]2C[C@H]2c2cnn(C)c2)CC1. The Morgan fingerprint density at radius 3 is 2.70 bits per heavy atom. The first-order valence-electron chi connectivity index (χ1n) is 8.19. The summed E-state index contributed by atoms with van der Waals surface area (Å²) in [6.45, 7) is 3.33. The Morgan fingerprint density at radius 2 is 2.09 bits per heavy atom. The zero-order valence-electron chi connectivity index (χ0n) is 13.6. The van der Waals surface area contributed by atoms with E-state index in [1.807, 2.05) is 19.4 Å². The van der Waals surface area contributed by atoms with Gasteiger partial charge >= 0.3 is 12.1 Å². The summed E-state index contributed by atoms with van der Waals surface area (Å²) in [6.07, 6.45) is 5.58. The van der Waals surface area contributed by atoms with Gasteiger partial charge in [0.25, 0.3) is 0 Å². The van der Waals surface area contributed by atoms with Crippen LogP contribution in [0.3, 0.4) is 0 Å². The van der Waals surface area contributed by atoms with Gasteiger partial charge in [0.15, 0.2) is 0 Å². The zero-order chi connectivity index (χ0) is 16.4. The molecule has 0 N–H and O–H groups in total. The molecule has 1 aromatic rings. The molecule has 1 saturated carbocycles. The summed E-state index contributed by atoms with van der Waals surface area (Å²) in [5.74, 6) is 0.0894. The number of nitrogens with zero attached hydrogens (tertiary/aromatic N) is 3. The molecule has 2 aliphatic rings. The van der Waals surface area contributed by atoms with Crippen molar-refractivity contribution in [2.24, 2.45) is 13.0 Å². The van der Waals surface area contributed by atoms with E-state index in [4.69, 9.17) is 9.47 Å². The van der Waals surface area contributed by atoms with Gasteiger partial charge in [0.2, 0.25) is 0 Å². The van der Waals surface area contributed by atoms with Crippen LogP contribution in [0.2, 0.25) is 0 Å². The molecule has 0 aromatic carbocycles. The van der Waals surface area contributed by atoms with E-state index in [0.717, 1.165) is 12.0 Å². The minimum Gasteiger partial charge on any atom is -0.462 e. The molecular weight excluding hydrogens is 298 g/mol. The van der Waals surface area contributed by atoms with Gasteiger partial charge in [-0.05, 0) is 18.9 Å². The monoisotopic (exact) mass is 321 g/mol. The molecule has 126 valence electrons. The van der Waals surface area contributed by atoms with Crippen LogP contribution in [0.1, 0.15) is 37.7 Å². The molecule has 7 heteroatoms. The van der Waals surface area contributed by atoms with Crippen molar-refractivity contribution in [2.45, 2.75) is 38.2 Å². The number of carbonyl (C=O) groups is 2. The molecule has 1 aromatic heterocycles. The molecule has 23 heavy (non-hydrogen) atoms. The molecule has 0 bridgehead atoms. The summed E-state index contributed by atoms with van der Waals surface area (Å²) in [6, 6.07) is 0. The summed E-state index contributed by atoms with van der Waals surface area (Å²) in [5, 5.41) is 4.14. The van der Waals surface area contributed by atoms with Crippen LogP contribution in [0, 0.1) is 5.92 Å². The molecule has 2 atom stereocenters. The molecule has 1 amide bonds. The van der Waals surface area contributed by atoms with Gasteiger partial charge in [0.05, 0.1) is 18.7 Å². The number of esters is 1. The average Bonchev–Trinajstić information content (AvgIpc) is 3.23. The predicted molar refractivity (Wildman–Crippen MR) is 81.8 cm³/mol. The molecule has 1 saturated heterocycles. The van der Waals surface area contributed by atoms with Crippen molar-refractivity contribution in [1.82, 2.24) is 14.7 Å². The standard InChI is InChI=1S/C16H23N3O4/c1-3-22-16(21)19-6-4-12(5-7-19)23-15(20)14-8-13(14)11-9-17-18(2)10-11/h9-10,12-14H,3-8H2,1-2H3/t13-,14-/m0/s1. The minimum atomic E-state index is -0.281. The van der Waals surface area contributed by atoms with Gasteiger partial charge in [-0.1, -0.05) is 0 Å². The quantitative estimate of drug-likeness (QED) is 0.789. The summed E-state index contributed by atoms with van der Waals surface area (Å²) in [7, 11) is 1.87. The second kappa shape index (κ2) is 6.60. The Kier molecular flexibility index (Phi) is 4.54. The minimum absolute atomic E-state index is 0.0395. The van der Waals surface area contributed by atoms with Crippen LogP contribution in [-0.4, -0.2) is 52.5 Å². The van der Waals surface area contributed by atoms with Crippen LogP contribution in [0.25, 0.3) is 0 Å².